The molecule has 3 N–H and O–H groups in total. The molecule has 2 aliphatic carbocycles. The van der Waals surface area contributed by atoms with E-state index in [4.69, 9.17) is 9.84 Å². The topological polar surface area (TPSA) is 105 Å². The summed E-state index contributed by atoms with van der Waals surface area (Å²) in [4.78, 5) is 36.4. The Balaban J connectivity index is 1.14. The third-order valence-electron chi connectivity index (χ3n) is 6.85. The molecule has 5 rings (SSSR count). The SMILES string of the molecule is O=C(N[C@H]1CC[C@@H](C(=O)Nc2cccc(C(=O)O)c2)C1)OCC1c2ccccc2-c2ccccc21. The maximum absolute atomic E-state index is 12.7. The van der Waals surface area contributed by atoms with E-state index in [0.717, 1.165) is 11.1 Å². The molecule has 0 aliphatic heterocycles. The molecule has 0 aromatic heterocycles. The Labute approximate surface area is 203 Å². The molecule has 1 saturated carbocycles. The van der Waals surface area contributed by atoms with Crippen LogP contribution in [0.5, 0.6) is 0 Å². The van der Waals surface area contributed by atoms with Gasteiger partial charge in [0.1, 0.15) is 6.61 Å². The van der Waals surface area contributed by atoms with Gasteiger partial charge in [0.25, 0.3) is 0 Å². The van der Waals surface area contributed by atoms with Crippen molar-refractivity contribution in [1.82, 2.24) is 5.32 Å². The second-order valence-corrected chi connectivity index (χ2v) is 9.05. The largest absolute Gasteiger partial charge is 0.478 e. The normalized spacial score (nSPS) is 18.4. The first-order valence-electron chi connectivity index (χ1n) is 11.8. The van der Waals surface area contributed by atoms with Crippen LogP contribution in [0.15, 0.2) is 72.8 Å². The number of ether oxygens (including phenoxy) is 1. The molecule has 3 aromatic carbocycles. The summed E-state index contributed by atoms with van der Waals surface area (Å²) < 4.78 is 5.62. The molecule has 0 radical (unpaired) electrons. The number of carbonyl (C=O) groups excluding carboxylic acids is 2. The van der Waals surface area contributed by atoms with Gasteiger partial charge in [0.2, 0.25) is 5.91 Å². The number of hydrogen-bond acceptors (Lipinski definition) is 4. The first-order chi connectivity index (χ1) is 17.0. The minimum absolute atomic E-state index is 0.00294. The molecule has 0 bridgehead atoms. The Kier molecular flexibility index (Phi) is 6.23. The number of rotatable bonds is 6. The van der Waals surface area contributed by atoms with Crippen molar-refractivity contribution in [3.63, 3.8) is 0 Å². The molecule has 0 saturated heterocycles. The highest BCUT2D eigenvalue weighted by molar-refractivity contribution is 5.95. The lowest BCUT2D eigenvalue weighted by Gasteiger charge is -2.17. The van der Waals surface area contributed by atoms with Crippen molar-refractivity contribution < 1.29 is 24.2 Å². The second-order valence-electron chi connectivity index (χ2n) is 9.05. The molecule has 0 heterocycles. The number of benzene rings is 3. The van der Waals surface area contributed by atoms with Gasteiger partial charge < -0.3 is 20.5 Å². The molecule has 35 heavy (non-hydrogen) atoms. The lowest BCUT2D eigenvalue weighted by Crippen LogP contribution is -2.35. The van der Waals surface area contributed by atoms with Crippen molar-refractivity contribution in [1.29, 1.82) is 0 Å². The van der Waals surface area contributed by atoms with Crippen LogP contribution in [-0.4, -0.2) is 35.7 Å². The maximum atomic E-state index is 12.7. The van der Waals surface area contributed by atoms with E-state index in [-0.39, 0.29) is 36.0 Å². The van der Waals surface area contributed by atoms with Gasteiger partial charge in [-0.3, -0.25) is 4.79 Å². The fraction of sp³-hybridized carbons (Fsp3) is 0.250. The molecule has 3 aromatic rings. The van der Waals surface area contributed by atoms with E-state index in [9.17, 15) is 14.4 Å². The highest BCUT2D eigenvalue weighted by Crippen LogP contribution is 2.44. The van der Waals surface area contributed by atoms with Gasteiger partial charge in [-0.05, 0) is 59.7 Å². The van der Waals surface area contributed by atoms with Crippen LogP contribution in [0, 0.1) is 5.92 Å². The van der Waals surface area contributed by atoms with Crippen molar-refractivity contribution in [2.24, 2.45) is 5.92 Å². The summed E-state index contributed by atoms with van der Waals surface area (Å²) in [5.74, 6) is -1.49. The average molecular weight is 471 g/mol. The van der Waals surface area contributed by atoms with E-state index < -0.39 is 12.1 Å². The summed E-state index contributed by atoms with van der Waals surface area (Å²) in [5, 5.41) is 14.8. The molecule has 2 aliphatic rings. The zero-order valence-electron chi connectivity index (χ0n) is 19.1. The van der Waals surface area contributed by atoms with Gasteiger partial charge >= 0.3 is 12.1 Å². The average Bonchev–Trinajstić information content (AvgIpc) is 3.46. The molecule has 2 amide bonds. The van der Waals surface area contributed by atoms with Gasteiger partial charge in [0, 0.05) is 23.6 Å². The standard InChI is InChI=1S/C28H26N2O5/c31-26(29-19-7-5-6-18(15-19)27(32)33)17-12-13-20(14-17)30-28(34)35-16-25-23-10-3-1-8-21(23)22-9-2-4-11-24(22)25/h1-11,15,17,20,25H,12-14,16H2,(H,29,31)(H,30,34)(H,32,33)/t17-,20+/m1/s1. The van der Waals surface area contributed by atoms with Crippen LogP contribution in [0.2, 0.25) is 0 Å². The number of aromatic carboxylic acids is 1. The van der Waals surface area contributed by atoms with Gasteiger partial charge in [-0.25, -0.2) is 9.59 Å². The van der Waals surface area contributed by atoms with Crippen molar-refractivity contribution in [2.45, 2.75) is 31.2 Å². The number of carbonyl (C=O) groups is 3. The summed E-state index contributed by atoms with van der Waals surface area (Å²) in [6.07, 6.45) is 1.34. The van der Waals surface area contributed by atoms with Gasteiger partial charge in [-0.2, -0.15) is 0 Å². The highest BCUT2D eigenvalue weighted by atomic mass is 16.5. The summed E-state index contributed by atoms with van der Waals surface area (Å²) in [6.45, 7) is 0.246. The Morgan fingerprint density at radius 2 is 1.57 bits per heavy atom. The molecular formula is C28H26N2O5. The number of alkyl carbamates (subject to hydrolysis) is 1. The predicted octanol–water partition coefficient (Wildman–Crippen LogP) is 5.03. The van der Waals surface area contributed by atoms with E-state index >= 15 is 0 Å². The Morgan fingerprint density at radius 3 is 2.26 bits per heavy atom. The first kappa shape index (κ1) is 22.7. The van der Waals surface area contributed by atoms with Crippen LogP contribution in [0.25, 0.3) is 11.1 Å². The van der Waals surface area contributed by atoms with Crippen LogP contribution in [0.1, 0.15) is 46.7 Å². The molecule has 7 nitrogen and oxygen atoms in total. The molecular weight excluding hydrogens is 444 g/mol. The summed E-state index contributed by atoms with van der Waals surface area (Å²) in [6, 6.07) is 22.4. The lowest BCUT2D eigenvalue weighted by atomic mass is 9.98. The summed E-state index contributed by atoms with van der Waals surface area (Å²) >= 11 is 0. The molecule has 2 atom stereocenters. The number of fused-ring (bicyclic) bond motifs is 3. The smallest absolute Gasteiger partial charge is 0.407 e. The zero-order valence-corrected chi connectivity index (χ0v) is 19.1. The Hall–Kier alpha value is -4.13. The fourth-order valence-electron chi connectivity index (χ4n) is 5.13. The van der Waals surface area contributed by atoms with Crippen LogP contribution in [0.3, 0.4) is 0 Å². The minimum atomic E-state index is -1.05. The zero-order chi connectivity index (χ0) is 24.4. The van der Waals surface area contributed by atoms with E-state index in [2.05, 4.69) is 34.9 Å². The second kappa shape index (κ2) is 9.62. The molecule has 0 spiro atoms. The third kappa shape index (κ3) is 4.75. The van der Waals surface area contributed by atoms with E-state index in [1.165, 1.54) is 23.3 Å². The third-order valence-corrected chi connectivity index (χ3v) is 6.85. The van der Waals surface area contributed by atoms with Gasteiger partial charge in [0.05, 0.1) is 5.56 Å². The molecule has 178 valence electrons. The van der Waals surface area contributed by atoms with E-state index in [1.807, 2.05) is 24.3 Å². The molecule has 1 fully saturated rings. The van der Waals surface area contributed by atoms with Gasteiger partial charge in [-0.1, -0.05) is 54.6 Å². The maximum Gasteiger partial charge on any atom is 0.407 e. The predicted molar refractivity (Wildman–Crippen MR) is 131 cm³/mol. The number of carboxylic acid groups (broad SMARTS) is 1. The van der Waals surface area contributed by atoms with Gasteiger partial charge in [-0.15, -0.1) is 0 Å². The lowest BCUT2D eigenvalue weighted by molar-refractivity contribution is -0.119. The Bertz CT molecular complexity index is 1240. The number of amides is 2. The van der Waals surface area contributed by atoms with Crippen LogP contribution < -0.4 is 10.6 Å². The van der Waals surface area contributed by atoms with E-state index in [1.54, 1.807) is 12.1 Å². The summed E-state index contributed by atoms with van der Waals surface area (Å²) in [7, 11) is 0. The number of nitrogens with one attached hydrogen (secondary N) is 2. The Morgan fingerprint density at radius 1 is 0.886 bits per heavy atom. The first-order valence-corrected chi connectivity index (χ1v) is 11.8. The number of carboxylic acids is 1. The molecule has 0 unspecified atom stereocenters. The highest BCUT2D eigenvalue weighted by Gasteiger charge is 2.32. The minimum Gasteiger partial charge on any atom is -0.478 e. The van der Waals surface area contributed by atoms with Crippen LogP contribution >= 0.6 is 0 Å². The summed E-state index contributed by atoms with van der Waals surface area (Å²) in [5.41, 5.74) is 5.23. The molecule has 7 heteroatoms. The van der Waals surface area contributed by atoms with Gasteiger partial charge in [0.15, 0.2) is 0 Å². The number of hydrogen-bond donors (Lipinski definition) is 3. The van der Waals surface area contributed by atoms with E-state index in [0.29, 0.717) is 24.9 Å². The van der Waals surface area contributed by atoms with Crippen molar-refractivity contribution in [2.75, 3.05) is 11.9 Å². The van der Waals surface area contributed by atoms with Crippen molar-refractivity contribution in [3.8, 4) is 11.1 Å². The quantitative estimate of drug-likeness (QED) is 0.469. The number of anilines is 1. The van der Waals surface area contributed by atoms with Crippen molar-refractivity contribution in [3.05, 3.63) is 89.5 Å². The van der Waals surface area contributed by atoms with Crippen LogP contribution in [0.4, 0.5) is 10.5 Å². The van der Waals surface area contributed by atoms with Crippen molar-refractivity contribution >= 4 is 23.7 Å². The fourth-order valence-corrected chi connectivity index (χ4v) is 5.13. The van der Waals surface area contributed by atoms with Crippen LogP contribution in [-0.2, 0) is 9.53 Å². The monoisotopic (exact) mass is 470 g/mol.